The molecule has 0 fully saturated rings. The van der Waals surface area contributed by atoms with Gasteiger partial charge in [0.15, 0.2) is 0 Å². The Hall–Kier alpha value is -4.98. The number of rotatable bonds is 5. The van der Waals surface area contributed by atoms with Gasteiger partial charge in [-0.2, -0.15) is 0 Å². The maximum absolute atomic E-state index is 11.7. The molecule has 1 amide bonds. The molecule has 0 radical (unpaired) electrons. The van der Waals surface area contributed by atoms with Gasteiger partial charge in [0.05, 0.1) is 58.2 Å². The van der Waals surface area contributed by atoms with Gasteiger partial charge >= 0.3 is 0 Å². The summed E-state index contributed by atoms with van der Waals surface area (Å²) in [6.45, 7) is 4.02. The Kier molecular flexibility index (Phi) is 5.41. The molecule has 3 N–H and O–H groups in total. The lowest BCUT2D eigenvalue weighted by Gasteiger charge is -2.12. The quantitative estimate of drug-likeness (QED) is 0.313. The van der Waals surface area contributed by atoms with E-state index in [1.807, 2.05) is 88.9 Å². The van der Waals surface area contributed by atoms with E-state index >= 15 is 0 Å². The van der Waals surface area contributed by atoms with Crippen LogP contribution in [0.15, 0.2) is 85.3 Å². The van der Waals surface area contributed by atoms with E-state index in [1.165, 1.54) is 6.92 Å². The number of para-hydroxylation sites is 3. The van der Waals surface area contributed by atoms with Crippen LogP contribution in [0.25, 0.3) is 39.0 Å². The number of nitrogens with zero attached hydrogens (tertiary/aromatic N) is 4. The van der Waals surface area contributed by atoms with Crippen molar-refractivity contribution in [1.82, 2.24) is 24.1 Å². The number of anilines is 1. The van der Waals surface area contributed by atoms with Crippen LogP contribution in [0.3, 0.4) is 0 Å². The molecule has 3 heterocycles. The SMILES string of the molecule is CC(=O)Nc1ccc(C)cc1-c1ccc(-n2c(=N)n(Cc3cccc4[nH]cnc34)c3ccccc32)cn1. The van der Waals surface area contributed by atoms with Gasteiger partial charge in [0.1, 0.15) is 0 Å². The summed E-state index contributed by atoms with van der Waals surface area (Å²) in [7, 11) is 0. The molecule has 0 saturated heterocycles. The van der Waals surface area contributed by atoms with Crippen LogP contribution in [-0.2, 0) is 11.3 Å². The van der Waals surface area contributed by atoms with E-state index in [9.17, 15) is 4.79 Å². The highest BCUT2D eigenvalue weighted by molar-refractivity contribution is 5.93. The summed E-state index contributed by atoms with van der Waals surface area (Å²) in [5.41, 5.74) is 9.33. The molecule has 0 aliphatic heterocycles. The van der Waals surface area contributed by atoms with Crippen LogP contribution in [0.4, 0.5) is 5.69 Å². The molecule has 0 spiro atoms. The third kappa shape index (κ3) is 3.98. The molecular weight excluding hydrogens is 462 g/mol. The molecule has 182 valence electrons. The number of imidazole rings is 2. The van der Waals surface area contributed by atoms with Crippen molar-refractivity contribution >= 4 is 33.7 Å². The standard InChI is InChI=1S/C29H25N7O/c1-18-10-12-24(34-19(2)37)22(14-18)23-13-11-21(15-31-23)36-27-9-4-3-8-26(27)35(29(36)30)16-20-6-5-7-25-28(20)33-17-32-25/h3-15,17,30H,16H2,1-2H3,(H,32,33)(H,34,37). The van der Waals surface area contributed by atoms with Gasteiger partial charge in [0.25, 0.3) is 0 Å². The van der Waals surface area contributed by atoms with Crippen LogP contribution in [0, 0.1) is 12.3 Å². The highest BCUT2D eigenvalue weighted by Crippen LogP contribution is 2.29. The number of aromatic nitrogens is 5. The fourth-order valence-electron chi connectivity index (χ4n) is 4.82. The molecule has 0 atom stereocenters. The van der Waals surface area contributed by atoms with Crippen molar-refractivity contribution < 1.29 is 4.79 Å². The molecule has 0 aliphatic rings. The van der Waals surface area contributed by atoms with Crippen LogP contribution in [-0.4, -0.2) is 30.0 Å². The first-order valence-electron chi connectivity index (χ1n) is 12.0. The molecule has 0 aliphatic carbocycles. The molecular formula is C29H25N7O. The second kappa shape index (κ2) is 8.91. The highest BCUT2D eigenvalue weighted by Gasteiger charge is 2.15. The van der Waals surface area contributed by atoms with Gasteiger partial charge in [0, 0.05) is 12.5 Å². The normalized spacial score (nSPS) is 11.3. The lowest BCUT2D eigenvalue weighted by atomic mass is 10.1. The molecule has 0 saturated carbocycles. The van der Waals surface area contributed by atoms with Crippen molar-refractivity contribution in [1.29, 1.82) is 5.41 Å². The number of fused-ring (bicyclic) bond motifs is 2. The van der Waals surface area contributed by atoms with E-state index in [2.05, 4.69) is 15.3 Å². The molecule has 6 aromatic rings. The largest absolute Gasteiger partial charge is 0.345 e. The minimum Gasteiger partial charge on any atom is -0.345 e. The zero-order valence-corrected chi connectivity index (χ0v) is 20.5. The van der Waals surface area contributed by atoms with Crippen molar-refractivity contribution in [3.8, 4) is 16.9 Å². The van der Waals surface area contributed by atoms with Crippen LogP contribution in [0.2, 0.25) is 0 Å². The lowest BCUT2D eigenvalue weighted by Crippen LogP contribution is -2.24. The summed E-state index contributed by atoms with van der Waals surface area (Å²) in [5.74, 6) is -0.130. The first kappa shape index (κ1) is 22.5. The van der Waals surface area contributed by atoms with Gasteiger partial charge in [-0.25, -0.2) is 4.98 Å². The lowest BCUT2D eigenvalue weighted by molar-refractivity contribution is -0.114. The summed E-state index contributed by atoms with van der Waals surface area (Å²) < 4.78 is 3.89. The third-order valence-electron chi connectivity index (χ3n) is 6.51. The van der Waals surface area contributed by atoms with E-state index in [1.54, 1.807) is 12.5 Å². The minimum absolute atomic E-state index is 0.130. The molecule has 3 aromatic heterocycles. The topological polar surface area (TPSA) is 104 Å². The van der Waals surface area contributed by atoms with E-state index in [-0.39, 0.29) is 5.91 Å². The number of hydrogen-bond donors (Lipinski definition) is 3. The third-order valence-corrected chi connectivity index (χ3v) is 6.51. The first-order chi connectivity index (χ1) is 18.0. The van der Waals surface area contributed by atoms with Gasteiger partial charge in [-0.3, -0.25) is 19.8 Å². The number of aryl methyl sites for hydroxylation is 1. The van der Waals surface area contributed by atoms with Crippen molar-refractivity contribution in [3.63, 3.8) is 0 Å². The second-order valence-corrected chi connectivity index (χ2v) is 9.08. The van der Waals surface area contributed by atoms with Crippen molar-refractivity contribution in [2.75, 3.05) is 5.32 Å². The maximum Gasteiger partial charge on any atom is 0.221 e. The van der Waals surface area contributed by atoms with Crippen molar-refractivity contribution in [2.45, 2.75) is 20.4 Å². The fraction of sp³-hybridized carbons (Fsp3) is 0.103. The Morgan fingerprint density at radius 3 is 2.62 bits per heavy atom. The summed E-state index contributed by atoms with van der Waals surface area (Å²) in [6.07, 6.45) is 3.47. The average Bonchev–Trinajstić information content (AvgIpc) is 3.49. The summed E-state index contributed by atoms with van der Waals surface area (Å²) in [4.78, 5) is 24.1. The Balaban J connectivity index is 1.44. The molecule has 3 aromatic carbocycles. The zero-order valence-electron chi connectivity index (χ0n) is 20.5. The van der Waals surface area contributed by atoms with Crippen LogP contribution in [0.1, 0.15) is 18.1 Å². The number of amides is 1. The number of nitrogens with one attached hydrogen (secondary N) is 3. The maximum atomic E-state index is 11.7. The number of aromatic amines is 1. The number of hydrogen-bond acceptors (Lipinski definition) is 4. The van der Waals surface area contributed by atoms with Crippen molar-refractivity contribution in [2.24, 2.45) is 0 Å². The van der Waals surface area contributed by atoms with Gasteiger partial charge < -0.3 is 14.9 Å². The average molecular weight is 488 g/mol. The van der Waals surface area contributed by atoms with E-state index in [0.717, 1.165) is 55.8 Å². The Morgan fingerprint density at radius 2 is 1.84 bits per heavy atom. The molecule has 8 nitrogen and oxygen atoms in total. The predicted octanol–water partition coefficient (Wildman–Crippen LogP) is 5.16. The molecule has 8 heteroatoms. The Morgan fingerprint density at radius 1 is 1.00 bits per heavy atom. The van der Waals surface area contributed by atoms with Crippen molar-refractivity contribution in [3.05, 3.63) is 102 Å². The summed E-state index contributed by atoms with van der Waals surface area (Å²) >= 11 is 0. The van der Waals surface area contributed by atoms with Gasteiger partial charge in [-0.1, -0.05) is 35.9 Å². The summed E-state index contributed by atoms with van der Waals surface area (Å²) in [5, 5.41) is 12.0. The number of pyridine rings is 1. The van der Waals surface area contributed by atoms with E-state index in [4.69, 9.17) is 10.4 Å². The number of carbonyl (C=O) groups excluding carboxylic acids is 1. The predicted molar refractivity (Wildman–Crippen MR) is 145 cm³/mol. The zero-order chi connectivity index (χ0) is 25.5. The molecule has 37 heavy (non-hydrogen) atoms. The monoisotopic (exact) mass is 487 g/mol. The summed E-state index contributed by atoms with van der Waals surface area (Å²) in [6, 6.07) is 23.8. The smallest absolute Gasteiger partial charge is 0.221 e. The Bertz CT molecular complexity index is 1840. The number of carbonyl (C=O) groups is 1. The van der Waals surface area contributed by atoms with Gasteiger partial charge in [-0.15, -0.1) is 0 Å². The molecule has 0 unspecified atom stereocenters. The fourth-order valence-corrected chi connectivity index (χ4v) is 4.82. The Labute approximate surface area is 212 Å². The first-order valence-corrected chi connectivity index (χ1v) is 12.0. The highest BCUT2D eigenvalue weighted by atomic mass is 16.1. The van der Waals surface area contributed by atoms with Crippen LogP contribution in [0.5, 0.6) is 0 Å². The van der Waals surface area contributed by atoms with Gasteiger partial charge in [0.2, 0.25) is 11.5 Å². The second-order valence-electron chi connectivity index (χ2n) is 9.08. The van der Waals surface area contributed by atoms with E-state index in [0.29, 0.717) is 12.2 Å². The number of benzene rings is 3. The molecule has 0 bridgehead atoms. The van der Waals surface area contributed by atoms with Crippen LogP contribution >= 0.6 is 0 Å². The minimum atomic E-state index is -0.130. The molecule has 6 rings (SSSR count). The van der Waals surface area contributed by atoms with Gasteiger partial charge in [-0.05, 0) is 55.0 Å². The van der Waals surface area contributed by atoms with Crippen LogP contribution < -0.4 is 10.9 Å². The number of H-pyrrole nitrogens is 1. The van der Waals surface area contributed by atoms with E-state index < -0.39 is 0 Å².